The Labute approximate surface area is 175 Å². The fourth-order valence-electron chi connectivity index (χ4n) is 2.87. The summed E-state index contributed by atoms with van der Waals surface area (Å²) in [6.07, 6.45) is 0. The van der Waals surface area contributed by atoms with E-state index in [0.717, 1.165) is 5.56 Å². The molecule has 0 aliphatic carbocycles. The Bertz CT molecular complexity index is 1030. The summed E-state index contributed by atoms with van der Waals surface area (Å²) < 4.78 is 1.43. The molecule has 0 saturated carbocycles. The topological polar surface area (TPSA) is 64.0 Å². The molecular formula is C23H25N3O2S. The summed E-state index contributed by atoms with van der Waals surface area (Å²) in [4.78, 5) is 29.6. The number of benzene rings is 2. The largest absolute Gasteiger partial charge is 0.325 e. The van der Waals surface area contributed by atoms with Gasteiger partial charge in [-0.2, -0.15) is 0 Å². The van der Waals surface area contributed by atoms with Gasteiger partial charge in [0.25, 0.3) is 5.56 Å². The van der Waals surface area contributed by atoms with E-state index in [1.54, 1.807) is 6.92 Å². The molecule has 5 nitrogen and oxygen atoms in total. The molecule has 0 aliphatic rings. The van der Waals surface area contributed by atoms with E-state index in [-0.39, 0.29) is 18.0 Å². The predicted octanol–water partition coefficient (Wildman–Crippen LogP) is 4.61. The van der Waals surface area contributed by atoms with E-state index in [9.17, 15) is 9.59 Å². The average molecular weight is 408 g/mol. The number of amides is 1. The van der Waals surface area contributed by atoms with Crippen molar-refractivity contribution in [3.8, 4) is 0 Å². The van der Waals surface area contributed by atoms with E-state index in [1.165, 1.54) is 28.0 Å². The first-order chi connectivity index (χ1) is 13.9. The van der Waals surface area contributed by atoms with Gasteiger partial charge in [-0.3, -0.25) is 14.2 Å². The van der Waals surface area contributed by atoms with Gasteiger partial charge in [0.05, 0.1) is 0 Å². The van der Waals surface area contributed by atoms with Gasteiger partial charge in [-0.25, -0.2) is 4.98 Å². The molecule has 0 aliphatic heterocycles. The minimum Gasteiger partial charge on any atom is -0.325 e. The maximum atomic E-state index is 12.6. The number of aryl methyl sites for hydroxylation is 1. The molecule has 150 valence electrons. The van der Waals surface area contributed by atoms with Crippen molar-refractivity contribution < 1.29 is 4.79 Å². The fourth-order valence-corrected chi connectivity index (χ4v) is 3.87. The molecule has 0 bridgehead atoms. The van der Waals surface area contributed by atoms with Crippen LogP contribution in [0, 0.1) is 6.92 Å². The van der Waals surface area contributed by atoms with Crippen LogP contribution < -0.4 is 10.9 Å². The number of anilines is 1. The fraction of sp³-hybridized carbons (Fsp3) is 0.261. The number of carbonyl (C=O) groups is 1. The molecule has 1 aromatic heterocycles. The van der Waals surface area contributed by atoms with Gasteiger partial charge in [-0.15, -0.1) is 0 Å². The molecule has 6 heteroatoms. The van der Waals surface area contributed by atoms with Gasteiger partial charge in [-0.05, 0) is 36.1 Å². The molecule has 0 atom stereocenters. The van der Waals surface area contributed by atoms with Crippen LogP contribution in [0.15, 0.2) is 70.6 Å². The van der Waals surface area contributed by atoms with Gasteiger partial charge in [0.15, 0.2) is 5.16 Å². The van der Waals surface area contributed by atoms with E-state index in [1.807, 2.05) is 54.6 Å². The van der Waals surface area contributed by atoms with E-state index in [4.69, 9.17) is 0 Å². The summed E-state index contributed by atoms with van der Waals surface area (Å²) in [5, 5.41) is 3.41. The van der Waals surface area contributed by atoms with Crippen molar-refractivity contribution in [3.05, 3.63) is 87.8 Å². The number of hydrogen-bond acceptors (Lipinski definition) is 4. The third-order valence-electron chi connectivity index (χ3n) is 4.47. The Balaban J connectivity index is 1.73. The van der Waals surface area contributed by atoms with E-state index < -0.39 is 0 Å². The van der Waals surface area contributed by atoms with Gasteiger partial charge in [0, 0.05) is 23.2 Å². The lowest BCUT2D eigenvalue weighted by molar-refractivity contribution is -0.116. The van der Waals surface area contributed by atoms with Gasteiger partial charge in [-0.1, -0.05) is 68.1 Å². The summed E-state index contributed by atoms with van der Waals surface area (Å²) in [6.45, 7) is 5.96. The summed E-state index contributed by atoms with van der Waals surface area (Å²) in [5.41, 5.74) is 3.48. The Morgan fingerprint density at radius 3 is 2.45 bits per heavy atom. The number of rotatable bonds is 7. The molecule has 1 heterocycles. The first-order valence-electron chi connectivity index (χ1n) is 9.57. The van der Waals surface area contributed by atoms with E-state index >= 15 is 0 Å². The van der Waals surface area contributed by atoms with Gasteiger partial charge < -0.3 is 5.32 Å². The van der Waals surface area contributed by atoms with Crippen LogP contribution in [0.3, 0.4) is 0 Å². The molecule has 29 heavy (non-hydrogen) atoms. The monoisotopic (exact) mass is 407 g/mol. The third kappa shape index (κ3) is 5.81. The van der Waals surface area contributed by atoms with Gasteiger partial charge >= 0.3 is 0 Å². The number of nitrogens with one attached hydrogen (secondary N) is 1. The zero-order valence-corrected chi connectivity index (χ0v) is 17.7. The lowest BCUT2D eigenvalue weighted by Gasteiger charge is -2.13. The highest BCUT2D eigenvalue weighted by Gasteiger charge is 2.13. The summed E-state index contributed by atoms with van der Waals surface area (Å²) in [6, 6.07) is 19.2. The predicted molar refractivity (Wildman–Crippen MR) is 118 cm³/mol. The molecule has 1 amide bonds. The normalized spacial score (nSPS) is 10.9. The van der Waals surface area contributed by atoms with E-state index in [0.29, 0.717) is 28.2 Å². The van der Waals surface area contributed by atoms with Crippen LogP contribution in [0.5, 0.6) is 0 Å². The maximum absolute atomic E-state index is 12.6. The van der Waals surface area contributed by atoms with Crippen molar-refractivity contribution >= 4 is 23.4 Å². The molecule has 0 fully saturated rings. The molecule has 3 rings (SSSR count). The van der Waals surface area contributed by atoms with Gasteiger partial charge in [0.2, 0.25) is 5.91 Å². The minimum atomic E-state index is -0.253. The number of aromatic nitrogens is 2. The van der Waals surface area contributed by atoms with Crippen LogP contribution in [-0.2, 0) is 17.1 Å². The van der Waals surface area contributed by atoms with Crippen LogP contribution >= 0.6 is 11.8 Å². The first-order valence-corrected chi connectivity index (χ1v) is 10.6. The number of hydrogen-bond donors (Lipinski definition) is 1. The SMILES string of the molecule is Cc1cc(=O)n(CC(=O)Nc2ccc(C(C)C)cc2)c(SCc2ccccc2)n1. The Kier molecular flexibility index (Phi) is 6.88. The first kappa shape index (κ1) is 20.9. The lowest BCUT2D eigenvalue weighted by atomic mass is 10.0. The van der Waals surface area contributed by atoms with Crippen molar-refractivity contribution in [2.45, 2.75) is 44.1 Å². The second-order valence-corrected chi connectivity index (χ2v) is 8.15. The Hall–Kier alpha value is -2.86. The highest BCUT2D eigenvalue weighted by atomic mass is 32.2. The molecule has 2 aromatic carbocycles. The molecule has 1 N–H and O–H groups in total. The lowest BCUT2D eigenvalue weighted by Crippen LogP contribution is -2.29. The minimum absolute atomic E-state index is 0.0742. The van der Waals surface area contributed by atoms with Crippen molar-refractivity contribution in [2.24, 2.45) is 0 Å². The van der Waals surface area contributed by atoms with Crippen LogP contribution in [0.1, 0.15) is 36.6 Å². The quantitative estimate of drug-likeness (QED) is 0.459. The smallest absolute Gasteiger partial charge is 0.254 e. The highest BCUT2D eigenvalue weighted by Crippen LogP contribution is 2.21. The van der Waals surface area contributed by atoms with Crippen LogP contribution in [0.2, 0.25) is 0 Å². The summed E-state index contributed by atoms with van der Waals surface area (Å²) in [7, 11) is 0. The average Bonchev–Trinajstić information content (AvgIpc) is 2.70. The molecule has 0 spiro atoms. The standard InChI is InChI=1S/C23H25N3O2S/c1-16(2)19-9-11-20(12-10-19)25-21(27)14-26-22(28)13-17(3)24-23(26)29-15-18-7-5-4-6-8-18/h4-13,16H,14-15H2,1-3H3,(H,25,27). The molecular weight excluding hydrogens is 382 g/mol. The second-order valence-electron chi connectivity index (χ2n) is 7.20. The summed E-state index contributed by atoms with van der Waals surface area (Å²) >= 11 is 1.45. The Morgan fingerprint density at radius 1 is 1.10 bits per heavy atom. The maximum Gasteiger partial charge on any atom is 0.254 e. The van der Waals surface area contributed by atoms with Crippen LogP contribution in [-0.4, -0.2) is 15.5 Å². The number of carbonyl (C=O) groups excluding carboxylic acids is 1. The molecule has 0 saturated heterocycles. The van der Waals surface area contributed by atoms with Crippen molar-refractivity contribution in [2.75, 3.05) is 5.32 Å². The van der Waals surface area contributed by atoms with E-state index in [2.05, 4.69) is 24.1 Å². The number of thioether (sulfide) groups is 1. The van der Waals surface area contributed by atoms with Crippen molar-refractivity contribution in [3.63, 3.8) is 0 Å². The van der Waals surface area contributed by atoms with Crippen LogP contribution in [0.25, 0.3) is 0 Å². The van der Waals surface area contributed by atoms with Crippen molar-refractivity contribution in [1.82, 2.24) is 9.55 Å². The summed E-state index contributed by atoms with van der Waals surface area (Å²) in [5.74, 6) is 0.854. The highest BCUT2D eigenvalue weighted by molar-refractivity contribution is 7.98. The molecule has 0 unspecified atom stereocenters. The Morgan fingerprint density at radius 2 is 1.79 bits per heavy atom. The number of nitrogens with zero attached hydrogens (tertiary/aromatic N) is 2. The van der Waals surface area contributed by atoms with Crippen LogP contribution in [0.4, 0.5) is 5.69 Å². The van der Waals surface area contributed by atoms with Gasteiger partial charge in [0.1, 0.15) is 6.54 Å². The second kappa shape index (κ2) is 9.56. The molecule has 3 aromatic rings. The zero-order chi connectivity index (χ0) is 20.8. The zero-order valence-electron chi connectivity index (χ0n) is 16.9. The third-order valence-corrected chi connectivity index (χ3v) is 5.52. The van der Waals surface area contributed by atoms with Crippen molar-refractivity contribution in [1.29, 1.82) is 0 Å². The molecule has 0 radical (unpaired) electrons.